The number of rotatable bonds is 22. The third-order valence-corrected chi connectivity index (χ3v) is 12.9. The molecule has 1 aliphatic rings. The highest BCUT2D eigenvalue weighted by atomic mass is 79.9. The monoisotopic (exact) mass is 977 g/mol. The number of carbonyl (C=O) groups excluding carboxylic acids is 3. The second kappa shape index (κ2) is 24.9. The van der Waals surface area contributed by atoms with Crippen LogP contribution in [-0.4, -0.2) is 55.8 Å². The first kappa shape index (κ1) is 49.2. The summed E-state index contributed by atoms with van der Waals surface area (Å²) in [5.74, 6) is 2.54. The fourth-order valence-corrected chi connectivity index (χ4v) is 8.81. The molecule has 1 saturated heterocycles. The van der Waals surface area contributed by atoms with Crippen LogP contribution in [0.3, 0.4) is 0 Å². The number of unbranched alkanes of at least 4 members (excludes halogenated alkanes) is 1. The fraction of sp³-hybridized carbons (Fsp3) is 0.281. The van der Waals surface area contributed by atoms with Crippen molar-refractivity contribution in [2.24, 2.45) is 0 Å². The third-order valence-electron chi connectivity index (χ3n) is 12.2. The summed E-state index contributed by atoms with van der Waals surface area (Å²) in [4.78, 5) is 41.0. The Morgan fingerprint density at radius 2 is 1.47 bits per heavy atom. The van der Waals surface area contributed by atoms with E-state index in [-0.39, 0.29) is 23.6 Å². The maximum Gasteiger partial charge on any atom is 0.237 e. The Morgan fingerprint density at radius 3 is 2.24 bits per heavy atom. The Bertz CT molecular complexity index is 2650. The van der Waals surface area contributed by atoms with Crippen LogP contribution >= 0.6 is 15.9 Å². The van der Waals surface area contributed by atoms with Crippen LogP contribution in [-0.2, 0) is 35.9 Å². The summed E-state index contributed by atoms with van der Waals surface area (Å²) in [7, 11) is 3.17. The number of nitrogens with one attached hydrogen (secondary N) is 2. The van der Waals surface area contributed by atoms with Crippen LogP contribution in [0.5, 0.6) is 23.0 Å². The molecule has 2 amide bonds. The topological polar surface area (TPSA) is 115 Å². The van der Waals surface area contributed by atoms with Gasteiger partial charge in [-0.15, -0.1) is 0 Å². The standard InChI is InChI=1S/C57H60BrN3O7/c1-40-47(14-11-15-49(40)45-12-5-4-6-13-45)39-68-53-30-24-44(34-50(53)58)37-61-33-10-8-16-51(61)57(64)59-32-9-7-17-56(63)60-36-42-18-20-43(21-19-42)38-67-54-31-23-41(35-55(54)66-3)22-29-52(62)46-25-27-48(65-2)28-26-46/h4-6,11-15,18-31,34-35,51H,7-10,16-17,32-33,36-39H2,1-3H3,(H,59,64)(H,60,63)/b29-22+. The van der Waals surface area contributed by atoms with E-state index in [9.17, 15) is 14.4 Å². The van der Waals surface area contributed by atoms with E-state index in [1.807, 2.05) is 54.6 Å². The maximum absolute atomic E-state index is 13.4. The molecule has 10 nitrogen and oxygen atoms in total. The van der Waals surface area contributed by atoms with Gasteiger partial charge in [0, 0.05) is 31.6 Å². The number of hydrogen-bond acceptors (Lipinski definition) is 8. The molecule has 0 bridgehead atoms. The minimum absolute atomic E-state index is 0.0207. The summed E-state index contributed by atoms with van der Waals surface area (Å²) >= 11 is 3.74. The third kappa shape index (κ3) is 13.9. The number of amides is 2. The molecule has 1 atom stereocenters. The fourth-order valence-electron chi connectivity index (χ4n) is 8.27. The zero-order valence-corrected chi connectivity index (χ0v) is 40.7. The first-order valence-electron chi connectivity index (χ1n) is 23.3. The van der Waals surface area contributed by atoms with Crippen molar-refractivity contribution in [2.45, 2.75) is 77.8 Å². The Morgan fingerprint density at radius 1 is 0.721 bits per heavy atom. The molecule has 1 fully saturated rings. The summed E-state index contributed by atoms with van der Waals surface area (Å²) in [6.45, 7) is 5.43. The van der Waals surface area contributed by atoms with Gasteiger partial charge in [0.2, 0.25) is 11.8 Å². The Balaban J connectivity index is 0.786. The molecule has 1 aliphatic heterocycles. The maximum atomic E-state index is 13.4. The number of halogens is 1. The van der Waals surface area contributed by atoms with E-state index in [2.05, 4.69) is 93.0 Å². The number of piperidine rings is 1. The molecule has 2 N–H and O–H groups in total. The molecule has 1 unspecified atom stereocenters. The number of methoxy groups -OCH3 is 2. The molecule has 352 valence electrons. The van der Waals surface area contributed by atoms with E-state index in [1.165, 1.54) is 22.8 Å². The van der Waals surface area contributed by atoms with Crippen molar-refractivity contribution in [1.82, 2.24) is 15.5 Å². The smallest absolute Gasteiger partial charge is 0.237 e. The van der Waals surface area contributed by atoms with Crippen molar-refractivity contribution in [3.8, 4) is 34.1 Å². The molecule has 0 aromatic heterocycles. The van der Waals surface area contributed by atoms with Crippen molar-refractivity contribution in [1.29, 1.82) is 0 Å². The van der Waals surface area contributed by atoms with Crippen molar-refractivity contribution in [2.75, 3.05) is 27.3 Å². The SMILES string of the molecule is COc1ccc(C(=O)/C=C/c2ccc(OCc3ccc(CNC(=O)CCCCNC(=O)C4CCCCN4Cc4ccc(OCc5cccc(-c6ccccc6)c5C)c(Br)c4)cc3)c(OC)c2)cc1. The summed E-state index contributed by atoms with van der Waals surface area (Å²) in [5.41, 5.74) is 9.20. The van der Waals surface area contributed by atoms with Crippen LogP contribution in [0.15, 0.2) is 144 Å². The lowest BCUT2D eigenvalue weighted by atomic mass is 9.97. The number of hydrogen-bond donors (Lipinski definition) is 2. The van der Waals surface area contributed by atoms with Crippen molar-refractivity contribution in [3.05, 3.63) is 183 Å². The van der Waals surface area contributed by atoms with Crippen molar-refractivity contribution in [3.63, 3.8) is 0 Å². The Hall–Kier alpha value is -6.69. The average molecular weight is 979 g/mol. The largest absolute Gasteiger partial charge is 0.497 e. The van der Waals surface area contributed by atoms with Crippen LogP contribution in [0, 0.1) is 6.92 Å². The number of ether oxygens (including phenoxy) is 4. The van der Waals surface area contributed by atoms with Gasteiger partial charge in [0.15, 0.2) is 17.3 Å². The average Bonchev–Trinajstić information content (AvgIpc) is 3.37. The van der Waals surface area contributed by atoms with Gasteiger partial charge in [0.05, 0.1) is 24.7 Å². The second-order valence-corrected chi connectivity index (χ2v) is 17.8. The Kier molecular flexibility index (Phi) is 18.0. The van der Waals surface area contributed by atoms with Crippen LogP contribution < -0.4 is 29.6 Å². The molecule has 6 aromatic carbocycles. The van der Waals surface area contributed by atoms with Gasteiger partial charge >= 0.3 is 0 Å². The van der Waals surface area contributed by atoms with E-state index in [1.54, 1.807) is 44.6 Å². The summed E-state index contributed by atoms with van der Waals surface area (Å²) in [6.07, 6.45) is 7.97. The molecular formula is C57H60BrN3O7. The van der Waals surface area contributed by atoms with Gasteiger partial charge in [-0.3, -0.25) is 19.3 Å². The quantitative estimate of drug-likeness (QED) is 0.0393. The van der Waals surface area contributed by atoms with E-state index in [0.717, 1.165) is 70.3 Å². The number of nitrogens with zero attached hydrogens (tertiary/aromatic N) is 1. The summed E-state index contributed by atoms with van der Waals surface area (Å²) in [5, 5.41) is 6.16. The molecule has 1 heterocycles. The minimum Gasteiger partial charge on any atom is -0.497 e. The normalized spacial score (nSPS) is 13.7. The second-order valence-electron chi connectivity index (χ2n) is 17.0. The molecular weight excluding hydrogens is 919 g/mol. The molecule has 11 heteroatoms. The molecule has 7 rings (SSSR count). The minimum atomic E-state index is -0.187. The highest BCUT2D eigenvalue weighted by Gasteiger charge is 2.28. The molecule has 0 aliphatic carbocycles. The first-order valence-corrected chi connectivity index (χ1v) is 24.1. The number of carbonyl (C=O) groups is 3. The molecule has 0 radical (unpaired) electrons. The predicted molar refractivity (Wildman–Crippen MR) is 272 cm³/mol. The van der Waals surface area contributed by atoms with E-state index < -0.39 is 0 Å². The molecule has 68 heavy (non-hydrogen) atoms. The van der Waals surface area contributed by atoms with Gasteiger partial charge in [-0.05, 0) is 154 Å². The molecule has 0 spiro atoms. The van der Waals surface area contributed by atoms with Crippen LogP contribution in [0.1, 0.15) is 82.3 Å². The Labute approximate surface area is 408 Å². The highest BCUT2D eigenvalue weighted by molar-refractivity contribution is 9.10. The lowest BCUT2D eigenvalue weighted by Gasteiger charge is -2.34. The zero-order chi connectivity index (χ0) is 47.7. The van der Waals surface area contributed by atoms with Crippen LogP contribution in [0.4, 0.5) is 0 Å². The number of likely N-dealkylation sites (tertiary alicyclic amines) is 1. The lowest BCUT2D eigenvalue weighted by Crippen LogP contribution is -2.49. The van der Waals surface area contributed by atoms with Crippen LogP contribution in [0.25, 0.3) is 17.2 Å². The van der Waals surface area contributed by atoms with Gasteiger partial charge in [-0.25, -0.2) is 0 Å². The van der Waals surface area contributed by atoms with Gasteiger partial charge in [-0.2, -0.15) is 0 Å². The number of ketones is 1. The van der Waals surface area contributed by atoms with Crippen LogP contribution in [0.2, 0.25) is 0 Å². The van der Waals surface area contributed by atoms with E-state index >= 15 is 0 Å². The van der Waals surface area contributed by atoms with Gasteiger partial charge < -0.3 is 29.6 Å². The lowest BCUT2D eigenvalue weighted by molar-refractivity contribution is -0.127. The summed E-state index contributed by atoms with van der Waals surface area (Å²) < 4.78 is 24.0. The molecule has 0 saturated carbocycles. The number of allylic oxidation sites excluding steroid dienone is 1. The highest BCUT2D eigenvalue weighted by Crippen LogP contribution is 2.32. The summed E-state index contributed by atoms with van der Waals surface area (Å²) in [6, 6.07) is 43.2. The predicted octanol–water partition coefficient (Wildman–Crippen LogP) is 11.5. The van der Waals surface area contributed by atoms with E-state index in [0.29, 0.717) is 68.5 Å². The van der Waals surface area contributed by atoms with Crippen molar-refractivity contribution < 1.29 is 33.3 Å². The zero-order valence-electron chi connectivity index (χ0n) is 39.1. The van der Waals surface area contributed by atoms with Gasteiger partial charge in [-0.1, -0.05) is 97.4 Å². The number of benzene rings is 6. The van der Waals surface area contributed by atoms with E-state index in [4.69, 9.17) is 18.9 Å². The molecule has 6 aromatic rings. The van der Waals surface area contributed by atoms with Gasteiger partial charge in [0.25, 0.3) is 0 Å². The van der Waals surface area contributed by atoms with Gasteiger partial charge in [0.1, 0.15) is 24.7 Å². The van der Waals surface area contributed by atoms with Crippen molar-refractivity contribution >= 4 is 39.6 Å². The first-order chi connectivity index (χ1) is 33.2.